The standard InChI is InChI=1S/C64H106N18O26S4/c1-24(2)13-32(73-52(95)31(11-12-44(87)88)71-58(101)38(21-110)78-55(98)35(18-46(91)92)74-54(97)34(17-45(89)90)72-51(94)30(65)15-41(66)84)53(96)79-40(23-112)59(102)81-48(27(7)8)63(106)75-33(16-42(67)85)56(99)80-47(26(5)6)62(105)69-28(9)50(93)77-39(22-111)60(103)82-49(29(10)83)61(104)68-19-43(86)70-37(20-109)57(100)76-36(64(107)108)14-25(3)4/h24-40,47-49,83,109-112H,11-23,65H2,1-10H3,(H2,66,84)(H2,67,85)(H,68,104)(H,69,105)(H,70,86)(H,71,101)(H,72,94)(H,73,95)(H,74,97)(H,75,106)(H,76,100)(H,77,93)(H,78,98)(H,79,96)(H,80,99)(H,81,102)(H,82,103)(H,87,88)(H,89,90)(H,91,92)(H,107,108)/t28-,29+,30-,31-,32-,33-,34-,35-,36-,37-,38-,39-,40-,47-,48-,49-/m0/s1. The van der Waals surface area contributed by atoms with Crippen LogP contribution in [-0.4, -0.2) is 276 Å². The molecule has 16 atom stereocenters. The molecule has 0 bridgehead atoms. The van der Waals surface area contributed by atoms with Gasteiger partial charge in [0.2, 0.25) is 100 Å². The van der Waals surface area contributed by atoms with Gasteiger partial charge in [0, 0.05) is 29.4 Å². The minimum atomic E-state index is -2.12. The van der Waals surface area contributed by atoms with E-state index in [4.69, 9.17) is 17.2 Å². The number of primary amides is 2. The van der Waals surface area contributed by atoms with Gasteiger partial charge in [0.15, 0.2) is 0 Å². The summed E-state index contributed by atoms with van der Waals surface area (Å²) >= 11 is 16.4. The van der Waals surface area contributed by atoms with Gasteiger partial charge in [-0.2, -0.15) is 50.5 Å². The first-order chi connectivity index (χ1) is 51.9. The first-order valence-corrected chi connectivity index (χ1v) is 37.3. The number of aliphatic carboxylic acids is 4. The Hall–Kier alpha value is -9.81. The van der Waals surface area contributed by atoms with Gasteiger partial charge in [-0.15, -0.1) is 0 Å². The van der Waals surface area contributed by atoms with Crippen LogP contribution in [0.15, 0.2) is 0 Å². The number of aliphatic hydroxyl groups is 1. The lowest BCUT2D eigenvalue weighted by atomic mass is 10.00. The lowest BCUT2D eigenvalue weighted by molar-refractivity contribution is -0.143. The van der Waals surface area contributed by atoms with E-state index in [2.05, 4.69) is 120 Å². The second kappa shape index (κ2) is 51.0. The molecule has 0 unspecified atom stereocenters. The molecule has 48 heteroatoms. The van der Waals surface area contributed by atoms with Gasteiger partial charge in [-0.25, -0.2) is 4.79 Å². The van der Waals surface area contributed by atoms with E-state index in [-0.39, 0.29) is 24.5 Å². The van der Waals surface area contributed by atoms with Crippen molar-refractivity contribution >= 4 is 175 Å². The molecule has 44 nitrogen and oxygen atoms in total. The molecule has 0 aliphatic rings. The van der Waals surface area contributed by atoms with Crippen molar-refractivity contribution in [2.45, 2.75) is 217 Å². The first kappa shape index (κ1) is 102. The quantitative estimate of drug-likeness (QED) is 0.0252. The molecule has 0 aromatic rings. The number of carbonyl (C=O) groups is 21. The average Bonchev–Trinajstić information content (AvgIpc) is 0.847. The molecule has 112 heavy (non-hydrogen) atoms. The lowest BCUT2D eigenvalue weighted by Crippen LogP contribution is -2.62. The first-order valence-electron chi connectivity index (χ1n) is 34.8. The van der Waals surface area contributed by atoms with Crippen molar-refractivity contribution < 1.29 is 126 Å². The van der Waals surface area contributed by atoms with E-state index in [0.29, 0.717) is 0 Å². The zero-order valence-electron chi connectivity index (χ0n) is 63.1. The molecule has 0 saturated heterocycles. The molecule has 0 radical (unpaired) electrons. The van der Waals surface area contributed by atoms with Gasteiger partial charge in [-0.3, -0.25) is 95.9 Å². The Balaban J connectivity index is 6.47. The lowest BCUT2D eigenvalue weighted by Gasteiger charge is -2.29. The molecule has 0 heterocycles. The smallest absolute Gasteiger partial charge is 0.326 e. The Morgan fingerprint density at radius 3 is 1.03 bits per heavy atom. The highest BCUT2D eigenvalue weighted by Crippen LogP contribution is 2.13. The van der Waals surface area contributed by atoms with Crippen LogP contribution < -0.4 is 97.0 Å². The van der Waals surface area contributed by atoms with Crippen molar-refractivity contribution in [2.75, 3.05) is 29.6 Å². The Kier molecular flexibility index (Phi) is 46.5. The number of nitrogens with two attached hydrogens (primary N) is 3. The van der Waals surface area contributed by atoms with Crippen LogP contribution in [0.1, 0.15) is 121 Å². The molecule has 0 saturated carbocycles. The summed E-state index contributed by atoms with van der Waals surface area (Å²) in [6, 6.07) is -25.2. The number of nitrogens with one attached hydrogen (secondary N) is 15. The van der Waals surface area contributed by atoms with Crippen LogP contribution in [-0.2, 0) is 101 Å². The number of amides is 17. The maximum absolute atomic E-state index is 14.1. The minimum Gasteiger partial charge on any atom is -0.481 e. The van der Waals surface area contributed by atoms with Crippen molar-refractivity contribution in [3.8, 4) is 0 Å². The molecule has 26 N–H and O–H groups in total. The van der Waals surface area contributed by atoms with Gasteiger partial charge in [0.25, 0.3) is 0 Å². The number of aliphatic hydroxyl groups excluding tert-OH is 1. The third-order valence-electron chi connectivity index (χ3n) is 15.8. The number of rotatable bonds is 53. The van der Waals surface area contributed by atoms with Crippen molar-refractivity contribution in [3.63, 3.8) is 0 Å². The average molecular weight is 1670 g/mol. The number of carboxylic acids is 4. The van der Waals surface area contributed by atoms with Crippen LogP contribution in [0.4, 0.5) is 0 Å². The van der Waals surface area contributed by atoms with Gasteiger partial charge in [-0.05, 0) is 56.8 Å². The number of hydrogen-bond donors (Lipinski definition) is 27. The molecule has 0 aromatic heterocycles. The zero-order chi connectivity index (χ0) is 86.5. The molecule has 17 amide bonds. The van der Waals surface area contributed by atoms with Crippen molar-refractivity contribution in [1.82, 2.24) is 79.8 Å². The SMILES string of the molecule is CC(C)C[C@H](NC(=O)[C@H](CS)NC(=O)CNC(=O)[C@@H](NC(=O)[C@H](CS)NC(=O)[C@H](C)NC(=O)[C@@H](NC(=O)[C@H](CC(N)=O)NC(=O)[C@@H](NC(=O)[C@H](CS)NC(=O)[C@H](CC(C)C)NC(=O)[C@H](CCC(=O)O)NC(=O)[C@H](CS)NC(=O)[C@H](CC(=O)O)NC(=O)[C@H](CC(=O)O)NC(=O)[C@@H](N)CC(N)=O)C(C)C)C(C)C)[C@@H](C)O)C(=O)O. The molecule has 0 spiro atoms. The normalized spacial score (nSPS) is 15.4. The van der Waals surface area contributed by atoms with E-state index in [1.807, 2.05) is 10.6 Å². The molecule has 0 aliphatic carbocycles. The van der Waals surface area contributed by atoms with Crippen LogP contribution in [0, 0.1) is 23.7 Å². The van der Waals surface area contributed by atoms with Crippen molar-refractivity contribution in [1.29, 1.82) is 0 Å². The summed E-state index contributed by atoms with van der Waals surface area (Å²) in [5, 5.41) is 82.4. The van der Waals surface area contributed by atoms with Gasteiger partial charge in [0.1, 0.15) is 84.6 Å². The summed E-state index contributed by atoms with van der Waals surface area (Å²) in [5.74, 6) is -29.6. The van der Waals surface area contributed by atoms with E-state index < -0.39 is 301 Å². The second-order valence-electron chi connectivity index (χ2n) is 27.2. The third kappa shape index (κ3) is 38.4. The molecule has 0 fully saturated rings. The topological polar surface area (TPSA) is 718 Å². The molecular formula is C64H106N18O26S4. The molecule has 0 aromatic carbocycles. The van der Waals surface area contributed by atoms with Crippen LogP contribution in [0.3, 0.4) is 0 Å². The fourth-order valence-electron chi connectivity index (χ4n) is 9.80. The summed E-state index contributed by atoms with van der Waals surface area (Å²) in [6.45, 7) is 14.0. The van der Waals surface area contributed by atoms with E-state index >= 15 is 0 Å². The highest BCUT2D eigenvalue weighted by molar-refractivity contribution is 7.80. The van der Waals surface area contributed by atoms with Crippen LogP contribution in [0.25, 0.3) is 0 Å². The van der Waals surface area contributed by atoms with Gasteiger partial charge in [0.05, 0.1) is 44.4 Å². The monoisotopic (exact) mass is 1670 g/mol. The number of hydrogen-bond acceptors (Lipinski definition) is 27. The highest BCUT2D eigenvalue weighted by Gasteiger charge is 2.40. The van der Waals surface area contributed by atoms with Gasteiger partial charge >= 0.3 is 23.9 Å². The summed E-state index contributed by atoms with van der Waals surface area (Å²) in [6.07, 6.45) is -7.28. The Labute approximate surface area is 665 Å². The zero-order valence-corrected chi connectivity index (χ0v) is 66.6. The van der Waals surface area contributed by atoms with Crippen molar-refractivity contribution in [3.05, 3.63) is 0 Å². The van der Waals surface area contributed by atoms with Gasteiger partial charge in [-0.1, -0.05) is 55.4 Å². The largest absolute Gasteiger partial charge is 0.481 e. The fraction of sp³-hybridized carbons (Fsp3) is 0.672. The molecule has 0 aliphatic heterocycles. The second-order valence-corrected chi connectivity index (χ2v) is 28.7. The number of carboxylic acid groups (broad SMARTS) is 4. The van der Waals surface area contributed by atoms with Crippen molar-refractivity contribution in [2.24, 2.45) is 40.9 Å². The summed E-state index contributed by atoms with van der Waals surface area (Å²) in [5.41, 5.74) is 16.1. The van der Waals surface area contributed by atoms with Gasteiger partial charge < -0.3 is 122 Å². The molecular weight excluding hydrogens is 1570 g/mol. The molecule has 632 valence electrons. The van der Waals surface area contributed by atoms with Crippen LogP contribution >= 0.6 is 50.5 Å². The van der Waals surface area contributed by atoms with Crippen LogP contribution in [0.5, 0.6) is 0 Å². The maximum Gasteiger partial charge on any atom is 0.326 e. The van der Waals surface area contributed by atoms with E-state index in [1.165, 1.54) is 34.6 Å². The Bertz CT molecular complexity index is 3390. The predicted molar refractivity (Wildman–Crippen MR) is 406 cm³/mol. The van der Waals surface area contributed by atoms with E-state index in [0.717, 1.165) is 6.92 Å². The minimum absolute atomic E-state index is 0.0746. The van der Waals surface area contributed by atoms with Crippen LogP contribution in [0.2, 0.25) is 0 Å². The highest BCUT2D eigenvalue weighted by atomic mass is 32.1. The number of thiol groups is 4. The Morgan fingerprint density at radius 2 is 0.634 bits per heavy atom. The predicted octanol–water partition coefficient (Wildman–Crippen LogP) is -9.61. The maximum atomic E-state index is 14.1. The summed E-state index contributed by atoms with van der Waals surface area (Å²) < 4.78 is 0. The fourth-order valence-corrected chi connectivity index (χ4v) is 10.8. The van der Waals surface area contributed by atoms with E-state index in [1.54, 1.807) is 27.7 Å². The Morgan fingerprint density at radius 1 is 0.321 bits per heavy atom. The third-order valence-corrected chi connectivity index (χ3v) is 17.2. The molecule has 0 rings (SSSR count). The van der Waals surface area contributed by atoms with E-state index in [9.17, 15) is 126 Å². The summed E-state index contributed by atoms with van der Waals surface area (Å²) in [7, 11) is 0. The summed E-state index contributed by atoms with van der Waals surface area (Å²) in [4.78, 5) is 274. The number of carbonyl (C=O) groups excluding carboxylic acids is 17.